The van der Waals surface area contributed by atoms with Gasteiger partial charge in [0.2, 0.25) is 11.8 Å². The first kappa shape index (κ1) is 19.9. The molecule has 4 rings (SSSR count). The molecular formula is C22H30N4O3. The predicted octanol–water partition coefficient (Wildman–Crippen LogP) is 1.23. The molecule has 7 heteroatoms. The van der Waals surface area contributed by atoms with Gasteiger partial charge in [0.15, 0.2) is 0 Å². The van der Waals surface area contributed by atoms with Crippen LogP contribution in [-0.2, 0) is 16.1 Å². The van der Waals surface area contributed by atoms with Gasteiger partial charge < -0.3 is 15.1 Å². The molecule has 3 aliphatic heterocycles. The van der Waals surface area contributed by atoms with E-state index >= 15 is 0 Å². The summed E-state index contributed by atoms with van der Waals surface area (Å²) in [6.07, 6.45) is 3.99. The Morgan fingerprint density at radius 3 is 2.62 bits per heavy atom. The maximum atomic E-state index is 12.7. The molecular weight excluding hydrogens is 368 g/mol. The van der Waals surface area contributed by atoms with Gasteiger partial charge in [-0.15, -0.1) is 0 Å². The second-order valence-electron chi connectivity index (χ2n) is 8.27. The molecule has 3 amide bonds. The highest BCUT2D eigenvalue weighted by Crippen LogP contribution is 2.24. The van der Waals surface area contributed by atoms with E-state index in [-0.39, 0.29) is 30.3 Å². The molecule has 156 valence electrons. The molecule has 3 fully saturated rings. The summed E-state index contributed by atoms with van der Waals surface area (Å²) >= 11 is 0. The molecule has 0 unspecified atom stereocenters. The third-order valence-electron chi connectivity index (χ3n) is 6.49. The van der Waals surface area contributed by atoms with Crippen LogP contribution in [-0.4, -0.2) is 77.2 Å². The molecule has 1 aromatic rings. The van der Waals surface area contributed by atoms with Crippen molar-refractivity contribution in [2.45, 2.75) is 51.2 Å². The summed E-state index contributed by atoms with van der Waals surface area (Å²) in [4.78, 5) is 43.2. The number of piperazine rings is 1. The van der Waals surface area contributed by atoms with Crippen molar-refractivity contribution in [1.29, 1.82) is 0 Å². The van der Waals surface area contributed by atoms with Crippen LogP contribution in [0.15, 0.2) is 24.3 Å². The molecule has 3 heterocycles. The zero-order chi connectivity index (χ0) is 20.4. The number of carbonyl (C=O) groups excluding carboxylic acids is 3. The number of hydrogen-bond donors (Lipinski definition) is 1. The minimum absolute atomic E-state index is 0.0381. The van der Waals surface area contributed by atoms with E-state index in [0.717, 1.165) is 37.9 Å². The highest BCUT2D eigenvalue weighted by Gasteiger charge is 2.41. The third kappa shape index (κ3) is 4.15. The predicted molar refractivity (Wildman–Crippen MR) is 109 cm³/mol. The van der Waals surface area contributed by atoms with E-state index < -0.39 is 0 Å². The molecule has 1 aromatic carbocycles. The van der Waals surface area contributed by atoms with Gasteiger partial charge in [-0.05, 0) is 56.5 Å². The molecule has 29 heavy (non-hydrogen) atoms. The first-order valence-corrected chi connectivity index (χ1v) is 10.8. The number of benzene rings is 1. The normalized spacial score (nSPS) is 24.9. The fourth-order valence-corrected chi connectivity index (χ4v) is 4.84. The molecule has 2 atom stereocenters. The molecule has 0 saturated carbocycles. The van der Waals surface area contributed by atoms with Gasteiger partial charge in [-0.1, -0.05) is 19.1 Å². The topological polar surface area (TPSA) is 73.0 Å². The van der Waals surface area contributed by atoms with Crippen molar-refractivity contribution in [2.75, 3.05) is 32.7 Å². The summed E-state index contributed by atoms with van der Waals surface area (Å²) in [5, 5.41) is 3.05. The number of amides is 3. The zero-order valence-corrected chi connectivity index (χ0v) is 17.1. The van der Waals surface area contributed by atoms with Crippen LogP contribution in [0, 0.1) is 0 Å². The molecule has 0 aliphatic carbocycles. The molecule has 0 bridgehead atoms. The van der Waals surface area contributed by atoms with Gasteiger partial charge in [0.05, 0.1) is 0 Å². The summed E-state index contributed by atoms with van der Waals surface area (Å²) in [5.41, 5.74) is 1.56. The summed E-state index contributed by atoms with van der Waals surface area (Å²) in [7, 11) is 0. The number of hydrogen-bond acceptors (Lipinski definition) is 4. The molecule has 3 aliphatic rings. The van der Waals surface area contributed by atoms with Crippen molar-refractivity contribution in [3.63, 3.8) is 0 Å². The fraction of sp³-hybridized carbons (Fsp3) is 0.591. The highest BCUT2D eigenvalue weighted by atomic mass is 16.2. The quantitative estimate of drug-likeness (QED) is 0.782. The van der Waals surface area contributed by atoms with Crippen LogP contribution in [0.5, 0.6) is 0 Å². The van der Waals surface area contributed by atoms with Crippen molar-refractivity contribution in [3.05, 3.63) is 35.4 Å². The van der Waals surface area contributed by atoms with Gasteiger partial charge in [-0.3, -0.25) is 19.3 Å². The summed E-state index contributed by atoms with van der Waals surface area (Å²) < 4.78 is 0. The number of likely N-dealkylation sites (N-methyl/N-ethyl adjacent to an activating group) is 1. The Morgan fingerprint density at radius 1 is 1.10 bits per heavy atom. The van der Waals surface area contributed by atoms with Gasteiger partial charge in [0, 0.05) is 31.2 Å². The number of carbonyl (C=O) groups is 3. The lowest BCUT2D eigenvalue weighted by atomic mass is 10.1. The van der Waals surface area contributed by atoms with Crippen molar-refractivity contribution in [2.24, 2.45) is 0 Å². The van der Waals surface area contributed by atoms with E-state index in [2.05, 4.69) is 17.1 Å². The Bertz CT molecular complexity index is 779. The zero-order valence-electron chi connectivity index (χ0n) is 17.1. The van der Waals surface area contributed by atoms with Crippen LogP contribution in [0.3, 0.4) is 0 Å². The number of likely N-dealkylation sites (tertiary alicyclic amines) is 1. The maximum absolute atomic E-state index is 12.7. The second-order valence-corrected chi connectivity index (χ2v) is 8.27. The Labute approximate surface area is 172 Å². The van der Waals surface area contributed by atoms with Crippen LogP contribution >= 0.6 is 0 Å². The number of fused-ring (bicyclic) bond motifs is 1. The number of nitrogens with zero attached hydrogens (tertiary/aromatic N) is 3. The number of rotatable bonds is 6. The molecule has 7 nitrogen and oxygen atoms in total. The van der Waals surface area contributed by atoms with Crippen LogP contribution in [0.4, 0.5) is 0 Å². The second kappa shape index (κ2) is 8.53. The van der Waals surface area contributed by atoms with Crippen LogP contribution in [0.25, 0.3) is 0 Å². The summed E-state index contributed by atoms with van der Waals surface area (Å²) in [6.45, 7) is 6.22. The van der Waals surface area contributed by atoms with Crippen molar-refractivity contribution >= 4 is 17.7 Å². The van der Waals surface area contributed by atoms with Crippen LogP contribution in [0.2, 0.25) is 0 Å². The minimum atomic E-state index is -0.278. The van der Waals surface area contributed by atoms with Crippen LogP contribution in [0.1, 0.15) is 48.5 Å². The Morgan fingerprint density at radius 2 is 1.86 bits per heavy atom. The molecule has 1 N–H and O–H groups in total. The number of nitrogens with one attached hydrogen (secondary N) is 1. The molecule has 0 radical (unpaired) electrons. The van der Waals surface area contributed by atoms with E-state index in [0.29, 0.717) is 31.2 Å². The van der Waals surface area contributed by atoms with Crippen LogP contribution < -0.4 is 5.32 Å². The summed E-state index contributed by atoms with van der Waals surface area (Å²) in [6, 6.07) is 7.51. The van der Waals surface area contributed by atoms with Crippen molar-refractivity contribution in [3.8, 4) is 0 Å². The lowest BCUT2D eigenvalue weighted by Crippen LogP contribution is -2.56. The Balaban J connectivity index is 1.32. The average molecular weight is 399 g/mol. The monoisotopic (exact) mass is 398 g/mol. The van der Waals surface area contributed by atoms with E-state index in [1.165, 1.54) is 6.42 Å². The van der Waals surface area contributed by atoms with Gasteiger partial charge in [-0.25, -0.2) is 0 Å². The maximum Gasteiger partial charge on any atom is 0.251 e. The van der Waals surface area contributed by atoms with Gasteiger partial charge in [0.1, 0.15) is 12.6 Å². The van der Waals surface area contributed by atoms with Gasteiger partial charge >= 0.3 is 0 Å². The van der Waals surface area contributed by atoms with Crippen molar-refractivity contribution in [1.82, 2.24) is 20.0 Å². The van der Waals surface area contributed by atoms with Gasteiger partial charge in [-0.2, -0.15) is 0 Å². The highest BCUT2D eigenvalue weighted by molar-refractivity contribution is 5.95. The standard InChI is InChI=1S/C22H30N4O3/c1-2-24-11-3-5-18(24)13-23-21(28)17-9-7-16(8-10-17)14-25-15-20(27)26-12-4-6-19(26)22(25)29/h7-10,18-19H,2-6,11-15H2,1H3,(H,23,28)/t18-,19-/m1/s1. The first-order chi connectivity index (χ1) is 14.1. The van der Waals surface area contributed by atoms with E-state index in [9.17, 15) is 14.4 Å². The minimum Gasteiger partial charge on any atom is -0.350 e. The third-order valence-corrected chi connectivity index (χ3v) is 6.49. The molecule has 0 spiro atoms. The average Bonchev–Trinajstić information content (AvgIpc) is 3.40. The van der Waals surface area contributed by atoms with Gasteiger partial charge in [0.25, 0.3) is 5.91 Å². The van der Waals surface area contributed by atoms with Crippen molar-refractivity contribution < 1.29 is 14.4 Å². The summed E-state index contributed by atoms with van der Waals surface area (Å²) in [5.74, 6) is 0.0161. The SMILES string of the molecule is CCN1CCC[C@@H]1CNC(=O)c1ccc(CN2CC(=O)N3CCC[C@@H]3C2=O)cc1. The Hall–Kier alpha value is -2.41. The van der Waals surface area contributed by atoms with E-state index in [1.807, 2.05) is 12.1 Å². The first-order valence-electron chi connectivity index (χ1n) is 10.8. The molecule has 3 saturated heterocycles. The lowest BCUT2D eigenvalue weighted by molar-refractivity contribution is -0.154. The fourth-order valence-electron chi connectivity index (χ4n) is 4.84. The smallest absolute Gasteiger partial charge is 0.251 e. The van der Waals surface area contributed by atoms with E-state index in [1.54, 1.807) is 21.9 Å². The Kier molecular flexibility index (Phi) is 5.85. The van der Waals surface area contributed by atoms with E-state index in [4.69, 9.17) is 0 Å². The lowest BCUT2D eigenvalue weighted by Gasteiger charge is -2.36. The molecule has 0 aromatic heterocycles. The largest absolute Gasteiger partial charge is 0.350 e.